The molecule has 0 amide bonds. The normalized spacial score (nSPS) is 11.6. The number of nitriles is 2. The summed E-state index contributed by atoms with van der Waals surface area (Å²) >= 11 is 1.77. The van der Waals surface area contributed by atoms with Gasteiger partial charge in [-0.15, -0.1) is 11.3 Å². The lowest BCUT2D eigenvalue weighted by Gasteiger charge is -2.14. The number of fused-ring (bicyclic) bond motifs is 9. The van der Waals surface area contributed by atoms with Gasteiger partial charge in [0.05, 0.1) is 39.2 Å². The average molecular weight is 720 g/mol. The fourth-order valence-electron chi connectivity index (χ4n) is 8.04. The molecule has 0 unspecified atom stereocenters. The molecule has 0 saturated heterocycles. The second kappa shape index (κ2) is 12.0. The summed E-state index contributed by atoms with van der Waals surface area (Å²) in [6.07, 6.45) is 0. The maximum absolute atomic E-state index is 10.8. The fraction of sp³-hybridized carbons (Fsp3) is 0. The molecule has 0 fully saturated rings. The van der Waals surface area contributed by atoms with Crippen LogP contribution in [0.5, 0.6) is 0 Å². The van der Waals surface area contributed by atoms with Crippen LogP contribution in [0.25, 0.3) is 104 Å². The van der Waals surface area contributed by atoms with Crippen LogP contribution in [0.1, 0.15) is 11.1 Å². The molecule has 0 spiro atoms. The molecule has 254 valence electrons. The second-order valence-corrected chi connectivity index (χ2v) is 14.6. The molecule has 4 aromatic heterocycles. The SMILES string of the molecule is N#Cc1cc(-c2nc(-c3cccc4c3oc3ccccc34)nc(-c3ccccc3)c2C#N)ccc1-n1c2ccccc2c2cc3c(cc21)sc1ccccc13. The van der Waals surface area contributed by atoms with Crippen molar-refractivity contribution in [3.63, 3.8) is 0 Å². The highest BCUT2D eigenvalue weighted by atomic mass is 32.1. The molecule has 6 nitrogen and oxygen atoms in total. The number of nitrogens with zero attached hydrogens (tertiary/aromatic N) is 5. The Bertz CT molecular complexity index is 3470. The van der Waals surface area contributed by atoms with Gasteiger partial charge in [-0.25, -0.2) is 9.97 Å². The number of hydrogen-bond acceptors (Lipinski definition) is 6. The van der Waals surface area contributed by atoms with E-state index in [0.717, 1.165) is 49.4 Å². The van der Waals surface area contributed by atoms with Crippen molar-refractivity contribution in [3.05, 3.63) is 163 Å². The highest BCUT2D eigenvalue weighted by Crippen LogP contribution is 2.42. The zero-order valence-corrected chi connectivity index (χ0v) is 29.8. The molecule has 0 atom stereocenters. The van der Waals surface area contributed by atoms with Crippen LogP contribution < -0.4 is 0 Å². The summed E-state index contributed by atoms with van der Waals surface area (Å²) < 4.78 is 11.0. The molecule has 4 heterocycles. The van der Waals surface area contributed by atoms with E-state index in [1.807, 2.05) is 97.1 Å². The van der Waals surface area contributed by atoms with Gasteiger partial charge in [0.2, 0.25) is 0 Å². The highest BCUT2D eigenvalue weighted by molar-refractivity contribution is 7.25. The zero-order chi connectivity index (χ0) is 36.6. The number of furan rings is 1. The van der Waals surface area contributed by atoms with Crippen LogP contribution in [0.2, 0.25) is 0 Å². The molecular formula is C48H25N5OS. The molecule has 0 aliphatic heterocycles. The maximum Gasteiger partial charge on any atom is 0.164 e. The Balaban J connectivity index is 1.15. The third-order valence-electron chi connectivity index (χ3n) is 10.5. The van der Waals surface area contributed by atoms with Gasteiger partial charge in [0.25, 0.3) is 0 Å². The first kappa shape index (κ1) is 31.0. The molecule has 55 heavy (non-hydrogen) atoms. The second-order valence-electron chi connectivity index (χ2n) is 13.5. The Morgan fingerprint density at radius 2 is 1.25 bits per heavy atom. The molecule has 7 aromatic carbocycles. The summed E-state index contributed by atoms with van der Waals surface area (Å²) in [6, 6.07) is 55.6. The van der Waals surface area contributed by atoms with Gasteiger partial charge in [-0.05, 0) is 48.5 Å². The van der Waals surface area contributed by atoms with E-state index in [2.05, 4.69) is 71.3 Å². The smallest absolute Gasteiger partial charge is 0.164 e. The number of para-hydroxylation sites is 3. The Morgan fingerprint density at radius 3 is 2.09 bits per heavy atom. The van der Waals surface area contributed by atoms with Crippen LogP contribution >= 0.6 is 11.3 Å². The number of rotatable bonds is 4. The van der Waals surface area contributed by atoms with Crippen LogP contribution in [0, 0.1) is 22.7 Å². The summed E-state index contributed by atoms with van der Waals surface area (Å²) in [6.45, 7) is 0. The van der Waals surface area contributed by atoms with E-state index in [1.165, 1.54) is 20.2 Å². The Morgan fingerprint density at radius 1 is 0.527 bits per heavy atom. The third-order valence-corrected chi connectivity index (χ3v) is 11.6. The third kappa shape index (κ3) is 4.65. The minimum Gasteiger partial charge on any atom is -0.455 e. The van der Waals surface area contributed by atoms with Gasteiger partial charge in [0, 0.05) is 52.8 Å². The lowest BCUT2D eigenvalue weighted by molar-refractivity contribution is 0.669. The summed E-state index contributed by atoms with van der Waals surface area (Å²) in [7, 11) is 0. The average Bonchev–Trinajstić information content (AvgIpc) is 3.91. The van der Waals surface area contributed by atoms with Crippen molar-refractivity contribution >= 4 is 75.3 Å². The molecule has 0 aliphatic carbocycles. The quantitative estimate of drug-likeness (QED) is 0.181. The molecule has 11 aromatic rings. The Labute approximate surface area is 318 Å². The van der Waals surface area contributed by atoms with Crippen molar-refractivity contribution in [1.82, 2.24) is 14.5 Å². The van der Waals surface area contributed by atoms with Gasteiger partial charge in [-0.1, -0.05) is 103 Å². The van der Waals surface area contributed by atoms with Crippen molar-refractivity contribution in [1.29, 1.82) is 10.5 Å². The van der Waals surface area contributed by atoms with Gasteiger partial charge in [0.15, 0.2) is 5.82 Å². The van der Waals surface area contributed by atoms with E-state index >= 15 is 0 Å². The van der Waals surface area contributed by atoms with E-state index in [0.29, 0.717) is 45.0 Å². The minimum atomic E-state index is 0.326. The van der Waals surface area contributed by atoms with Crippen LogP contribution in [-0.2, 0) is 0 Å². The maximum atomic E-state index is 10.8. The molecule has 0 aliphatic rings. The number of hydrogen-bond donors (Lipinski definition) is 0. The van der Waals surface area contributed by atoms with E-state index in [1.54, 1.807) is 11.3 Å². The highest BCUT2D eigenvalue weighted by Gasteiger charge is 2.23. The zero-order valence-electron chi connectivity index (χ0n) is 29.0. The lowest BCUT2D eigenvalue weighted by atomic mass is 9.98. The summed E-state index contributed by atoms with van der Waals surface area (Å²) in [5, 5.41) is 28.2. The molecule has 0 saturated carbocycles. The predicted molar refractivity (Wildman–Crippen MR) is 222 cm³/mol. The topological polar surface area (TPSA) is 91.4 Å². The number of aromatic nitrogens is 3. The standard InChI is InChI=1S/C48H25N5OS/c49-26-30-23-29(21-22-39(30)53-40-18-7-4-13-31(40)36-24-37-33-15-6-9-20-43(33)55-44(37)25-41(36)53)46-38(27-50)45(28-11-2-1-3-12-28)51-48(52-46)35-17-10-16-34-32-14-5-8-19-42(32)54-47(34)35/h1-25H. The Hall–Kier alpha value is -7.58. The van der Waals surface area contributed by atoms with Crippen molar-refractivity contribution in [3.8, 4) is 51.7 Å². The lowest BCUT2D eigenvalue weighted by Crippen LogP contribution is -2.03. The minimum absolute atomic E-state index is 0.326. The largest absolute Gasteiger partial charge is 0.455 e. The number of benzene rings is 7. The first-order valence-corrected chi connectivity index (χ1v) is 18.7. The summed E-state index contributed by atoms with van der Waals surface area (Å²) in [5.41, 5.74) is 8.11. The van der Waals surface area contributed by atoms with Gasteiger partial charge < -0.3 is 8.98 Å². The van der Waals surface area contributed by atoms with Crippen molar-refractivity contribution in [2.45, 2.75) is 0 Å². The molecule has 7 heteroatoms. The first-order valence-electron chi connectivity index (χ1n) is 17.9. The van der Waals surface area contributed by atoms with Gasteiger partial charge in [-0.3, -0.25) is 0 Å². The van der Waals surface area contributed by atoms with Crippen molar-refractivity contribution in [2.24, 2.45) is 0 Å². The Kier molecular flexibility index (Phi) is 6.75. The molecule has 0 N–H and O–H groups in total. The molecule has 0 radical (unpaired) electrons. The van der Waals surface area contributed by atoms with Crippen LogP contribution in [-0.4, -0.2) is 14.5 Å². The molecule has 0 bridgehead atoms. The van der Waals surface area contributed by atoms with Gasteiger partial charge in [0.1, 0.15) is 28.9 Å². The van der Waals surface area contributed by atoms with Crippen molar-refractivity contribution in [2.75, 3.05) is 0 Å². The fourth-order valence-corrected chi connectivity index (χ4v) is 9.16. The molecule has 11 rings (SSSR count). The van der Waals surface area contributed by atoms with E-state index < -0.39 is 0 Å². The van der Waals surface area contributed by atoms with Crippen molar-refractivity contribution < 1.29 is 4.42 Å². The van der Waals surface area contributed by atoms with E-state index in [4.69, 9.17) is 14.4 Å². The van der Waals surface area contributed by atoms with Gasteiger partial charge >= 0.3 is 0 Å². The van der Waals surface area contributed by atoms with Crippen LogP contribution in [0.3, 0.4) is 0 Å². The number of thiophene rings is 1. The van der Waals surface area contributed by atoms with E-state index in [-0.39, 0.29) is 0 Å². The van der Waals surface area contributed by atoms with Crippen LogP contribution in [0.15, 0.2) is 156 Å². The summed E-state index contributed by atoms with van der Waals surface area (Å²) in [5.74, 6) is 0.426. The molecular weight excluding hydrogens is 695 g/mol. The predicted octanol–water partition coefficient (Wildman–Crippen LogP) is 12.6. The van der Waals surface area contributed by atoms with Gasteiger partial charge in [-0.2, -0.15) is 10.5 Å². The first-order chi connectivity index (χ1) is 27.2. The van der Waals surface area contributed by atoms with Crippen LogP contribution in [0.4, 0.5) is 0 Å². The van der Waals surface area contributed by atoms with E-state index in [9.17, 15) is 10.5 Å². The summed E-state index contributed by atoms with van der Waals surface area (Å²) in [4.78, 5) is 10.1. The monoisotopic (exact) mass is 719 g/mol.